The van der Waals surface area contributed by atoms with E-state index in [2.05, 4.69) is 36.0 Å². The number of carbonyl (C=O) groups excluding carboxylic acids is 2. The maximum absolute atomic E-state index is 13.4. The van der Waals surface area contributed by atoms with Gasteiger partial charge in [-0.15, -0.1) is 26.6 Å². The molecular weight excluding hydrogens is 537 g/mol. The minimum absolute atomic E-state index is 0.0176. The topological polar surface area (TPSA) is 128 Å². The number of carbonyl (C=O) groups is 2. The van der Waals surface area contributed by atoms with Crippen molar-refractivity contribution in [1.82, 2.24) is 29.9 Å². The van der Waals surface area contributed by atoms with E-state index in [1.165, 1.54) is 22.1 Å². The molecule has 3 heterocycles. The summed E-state index contributed by atoms with van der Waals surface area (Å²) in [6, 6.07) is 0.996. The SMILES string of the molecule is Cn1nc(OC(F)F)cc1Nc1nncn1[C@H]1CCc2sc(NC(=O)C3CC3)c(C(=O)NC3CC(F)C3)c2C1. The second kappa shape index (κ2) is 10.2. The van der Waals surface area contributed by atoms with Crippen LogP contribution in [0.2, 0.25) is 0 Å². The average molecular weight is 565 g/mol. The molecule has 39 heavy (non-hydrogen) atoms. The first kappa shape index (κ1) is 25.6. The van der Waals surface area contributed by atoms with E-state index in [9.17, 15) is 22.8 Å². The van der Waals surface area contributed by atoms with Crippen molar-refractivity contribution in [3.8, 4) is 5.88 Å². The molecule has 2 saturated carbocycles. The molecule has 11 nitrogen and oxygen atoms in total. The Morgan fingerprint density at radius 2 is 2.03 bits per heavy atom. The van der Waals surface area contributed by atoms with Gasteiger partial charge in [-0.3, -0.25) is 14.2 Å². The van der Waals surface area contributed by atoms with Gasteiger partial charge in [0.25, 0.3) is 5.91 Å². The van der Waals surface area contributed by atoms with Crippen molar-refractivity contribution in [2.75, 3.05) is 10.6 Å². The molecule has 3 aliphatic carbocycles. The van der Waals surface area contributed by atoms with E-state index in [-0.39, 0.29) is 48.5 Å². The van der Waals surface area contributed by atoms with Crippen LogP contribution in [0.1, 0.15) is 58.9 Å². The molecule has 2 fully saturated rings. The number of aryl methyl sites for hydroxylation is 2. The van der Waals surface area contributed by atoms with E-state index >= 15 is 0 Å². The van der Waals surface area contributed by atoms with Gasteiger partial charge in [0.1, 0.15) is 23.3 Å². The Hall–Kier alpha value is -3.62. The molecule has 0 saturated heterocycles. The minimum Gasteiger partial charge on any atom is -0.415 e. The first-order valence-electron chi connectivity index (χ1n) is 12.8. The first-order chi connectivity index (χ1) is 18.7. The molecule has 0 spiro atoms. The van der Waals surface area contributed by atoms with E-state index < -0.39 is 12.8 Å². The zero-order chi connectivity index (χ0) is 27.3. The quantitative estimate of drug-likeness (QED) is 0.361. The van der Waals surface area contributed by atoms with E-state index in [0.29, 0.717) is 35.2 Å². The number of nitrogens with zero attached hydrogens (tertiary/aromatic N) is 5. The van der Waals surface area contributed by atoms with E-state index in [1.54, 1.807) is 13.4 Å². The van der Waals surface area contributed by atoms with Crippen molar-refractivity contribution >= 4 is 39.9 Å². The van der Waals surface area contributed by atoms with Crippen LogP contribution in [0.3, 0.4) is 0 Å². The van der Waals surface area contributed by atoms with Crippen LogP contribution in [0.15, 0.2) is 12.4 Å². The van der Waals surface area contributed by atoms with Crippen molar-refractivity contribution < 1.29 is 27.5 Å². The van der Waals surface area contributed by atoms with Gasteiger partial charge >= 0.3 is 6.61 Å². The highest BCUT2D eigenvalue weighted by Gasteiger charge is 2.36. The van der Waals surface area contributed by atoms with Gasteiger partial charge in [-0.05, 0) is 50.5 Å². The van der Waals surface area contributed by atoms with Crippen LogP contribution in [-0.4, -0.2) is 55.2 Å². The summed E-state index contributed by atoms with van der Waals surface area (Å²) in [5.74, 6) is 0.119. The molecule has 3 aromatic heterocycles. The predicted molar refractivity (Wildman–Crippen MR) is 135 cm³/mol. The number of halogens is 3. The third-order valence-electron chi connectivity index (χ3n) is 7.34. The highest BCUT2D eigenvalue weighted by molar-refractivity contribution is 7.17. The normalized spacial score (nSPS) is 22.2. The van der Waals surface area contributed by atoms with Crippen LogP contribution in [0.5, 0.6) is 5.88 Å². The first-order valence-corrected chi connectivity index (χ1v) is 13.6. The fraction of sp³-hybridized carbons (Fsp3) is 0.542. The molecule has 6 rings (SSSR count). The lowest BCUT2D eigenvalue weighted by atomic mass is 9.89. The van der Waals surface area contributed by atoms with Gasteiger partial charge in [0.05, 0.1) is 5.56 Å². The van der Waals surface area contributed by atoms with E-state index in [4.69, 9.17) is 0 Å². The molecule has 15 heteroatoms. The van der Waals surface area contributed by atoms with Crippen LogP contribution in [0.25, 0.3) is 0 Å². The Balaban J connectivity index is 1.25. The number of thiophene rings is 1. The van der Waals surface area contributed by atoms with Crippen LogP contribution in [0.4, 0.5) is 29.9 Å². The number of nitrogens with one attached hydrogen (secondary N) is 3. The lowest BCUT2D eigenvalue weighted by Crippen LogP contribution is -2.45. The largest absolute Gasteiger partial charge is 0.415 e. The van der Waals surface area contributed by atoms with Crippen LogP contribution < -0.4 is 20.7 Å². The summed E-state index contributed by atoms with van der Waals surface area (Å²) in [5.41, 5.74) is 1.29. The van der Waals surface area contributed by atoms with Gasteiger partial charge in [-0.25, -0.2) is 9.07 Å². The maximum Gasteiger partial charge on any atom is 0.388 e. The lowest BCUT2D eigenvalue weighted by molar-refractivity contribution is -0.117. The average Bonchev–Trinajstić information content (AvgIpc) is 3.38. The summed E-state index contributed by atoms with van der Waals surface area (Å²) >= 11 is 1.42. The number of aromatic nitrogens is 5. The second-order valence-corrected chi connectivity index (χ2v) is 11.3. The van der Waals surface area contributed by atoms with Crippen molar-refractivity contribution in [3.05, 3.63) is 28.4 Å². The molecule has 1 atom stereocenters. The smallest absolute Gasteiger partial charge is 0.388 e. The van der Waals surface area contributed by atoms with Gasteiger partial charge in [0.15, 0.2) is 0 Å². The zero-order valence-corrected chi connectivity index (χ0v) is 21.8. The number of anilines is 3. The highest BCUT2D eigenvalue weighted by atomic mass is 32.1. The Kier molecular flexibility index (Phi) is 6.69. The van der Waals surface area contributed by atoms with Gasteiger partial charge in [0.2, 0.25) is 17.7 Å². The van der Waals surface area contributed by atoms with Gasteiger partial charge in [-0.2, -0.15) is 8.78 Å². The Labute approximate surface area is 225 Å². The number of hydrogen-bond acceptors (Lipinski definition) is 8. The predicted octanol–water partition coefficient (Wildman–Crippen LogP) is 3.73. The molecule has 0 aliphatic heterocycles. The number of rotatable bonds is 9. The summed E-state index contributed by atoms with van der Waals surface area (Å²) in [6.45, 7) is -2.99. The molecule has 3 aromatic rings. The Bertz CT molecular complexity index is 1400. The molecule has 208 valence electrons. The summed E-state index contributed by atoms with van der Waals surface area (Å²) in [6.07, 6.45) is 4.83. The maximum atomic E-state index is 13.4. The number of alkyl halides is 3. The van der Waals surface area contributed by atoms with Crippen LogP contribution in [0, 0.1) is 5.92 Å². The summed E-state index contributed by atoms with van der Waals surface area (Å²) in [7, 11) is 1.58. The third kappa shape index (κ3) is 5.31. The molecule has 0 radical (unpaired) electrons. The fourth-order valence-corrected chi connectivity index (χ4v) is 6.28. The van der Waals surface area contributed by atoms with Crippen LogP contribution in [-0.2, 0) is 24.7 Å². The van der Waals surface area contributed by atoms with E-state index in [1.807, 2.05) is 4.57 Å². The third-order valence-corrected chi connectivity index (χ3v) is 8.54. The van der Waals surface area contributed by atoms with Crippen LogP contribution >= 0.6 is 11.3 Å². The molecule has 0 bridgehead atoms. The summed E-state index contributed by atoms with van der Waals surface area (Å²) in [4.78, 5) is 27.0. The van der Waals surface area contributed by atoms with Crippen molar-refractivity contribution in [3.63, 3.8) is 0 Å². The van der Waals surface area contributed by atoms with Crippen molar-refractivity contribution in [1.29, 1.82) is 0 Å². The van der Waals surface area contributed by atoms with Gasteiger partial charge < -0.3 is 20.7 Å². The van der Waals surface area contributed by atoms with Gasteiger partial charge in [-0.1, -0.05) is 0 Å². The fourth-order valence-electron chi connectivity index (χ4n) is 5.04. The lowest BCUT2D eigenvalue weighted by Gasteiger charge is -2.31. The minimum atomic E-state index is -2.99. The second-order valence-electron chi connectivity index (χ2n) is 10.2. The monoisotopic (exact) mass is 564 g/mol. The molecule has 0 aromatic carbocycles. The summed E-state index contributed by atoms with van der Waals surface area (Å²) < 4.78 is 46.2. The molecule has 3 aliphatic rings. The number of hydrogen-bond donors (Lipinski definition) is 3. The number of fused-ring (bicyclic) bond motifs is 1. The standard InChI is InChI=1S/C24H27F3N8O3S/c1-34-17(9-18(33-34)38-23(26)27)30-24-32-28-10-35(24)14-4-5-16-15(8-14)19(21(37)29-13-6-12(25)7-13)22(39-16)31-20(36)11-2-3-11/h9-14,23H,2-8H2,1H3,(H,29,37)(H,30,32)(H,31,36)/t12?,13?,14-/m0/s1. The van der Waals surface area contributed by atoms with Crippen molar-refractivity contribution in [2.24, 2.45) is 13.0 Å². The zero-order valence-electron chi connectivity index (χ0n) is 21.0. The van der Waals surface area contributed by atoms with Gasteiger partial charge in [0, 0.05) is 36.0 Å². The summed E-state index contributed by atoms with van der Waals surface area (Å²) in [5, 5.41) is 21.6. The highest BCUT2D eigenvalue weighted by Crippen LogP contribution is 2.43. The molecule has 3 N–H and O–H groups in total. The Morgan fingerprint density at radius 1 is 1.23 bits per heavy atom. The number of ether oxygens (including phenoxy) is 1. The van der Waals surface area contributed by atoms with E-state index in [0.717, 1.165) is 29.7 Å². The number of amides is 2. The molecule has 2 amide bonds. The molecule has 0 unspecified atom stereocenters. The van der Waals surface area contributed by atoms with Crippen molar-refractivity contribution in [2.45, 2.75) is 69.8 Å². The molecular formula is C24H27F3N8O3S. The Morgan fingerprint density at radius 3 is 2.74 bits per heavy atom.